The predicted molar refractivity (Wildman–Crippen MR) is 75.3 cm³/mol. The van der Waals surface area contributed by atoms with Gasteiger partial charge < -0.3 is 10.2 Å². The fourth-order valence-corrected chi connectivity index (χ4v) is 2.56. The Balaban J connectivity index is 2.25. The summed E-state index contributed by atoms with van der Waals surface area (Å²) >= 11 is 0. The molecule has 1 N–H and O–H groups in total. The number of anilines is 1. The van der Waals surface area contributed by atoms with E-state index >= 15 is 0 Å². The van der Waals surface area contributed by atoms with Crippen molar-refractivity contribution in [3.05, 3.63) is 29.3 Å². The van der Waals surface area contributed by atoms with E-state index in [1.165, 1.54) is 4.90 Å². The van der Waals surface area contributed by atoms with Gasteiger partial charge in [0.25, 0.3) is 0 Å². The highest BCUT2D eigenvalue weighted by molar-refractivity contribution is 6.00. The van der Waals surface area contributed by atoms with Crippen molar-refractivity contribution < 1.29 is 18.0 Å². The van der Waals surface area contributed by atoms with Gasteiger partial charge in [0.05, 0.1) is 12.8 Å². The SMILES string of the molecule is CCCNC(CC(F)(F)F)c1ccc2c(c1)CC(=O)N2C. The van der Waals surface area contributed by atoms with Crippen LogP contribution in [0, 0.1) is 0 Å². The lowest BCUT2D eigenvalue weighted by atomic mass is 9.99. The molecule has 0 aromatic heterocycles. The van der Waals surface area contributed by atoms with E-state index in [2.05, 4.69) is 5.32 Å². The molecule has 0 radical (unpaired) electrons. The Bertz CT molecular complexity index is 528. The number of hydrogen-bond acceptors (Lipinski definition) is 2. The second-order valence-electron chi connectivity index (χ2n) is 5.34. The molecule has 2 rings (SSSR count). The summed E-state index contributed by atoms with van der Waals surface area (Å²) in [6, 6.07) is 4.35. The molecule has 0 saturated heterocycles. The number of likely N-dealkylation sites (N-methyl/N-ethyl adjacent to an activating group) is 1. The van der Waals surface area contributed by atoms with Gasteiger partial charge in [-0.25, -0.2) is 0 Å². The molecule has 1 aliphatic heterocycles. The molecule has 0 fully saturated rings. The maximum Gasteiger partial charge on any atom is 0.390 e. The van der Waals surface area contributed by atoms with E-state index in [0.717, 1.165) is 17.7 Å². The molecule has 0 saturated carbocycles. The molecule has 1 unspecified atom stereocenters. The number of nitrogens with one attached hydrogen (secondary N) is 1. The topological polar surface area (TPSA) is 32.3 Å². The van der Waals surface area contributed by atoms with E-state index in [-0.39, 0.29) is 12.3 Å². The number of amides is 1. The largest absolute Gasteiger partial charge is 0.390 e. The first-order valence-electron chi connectivity index (χ1n) is 7.01. The number of carbonyl (C=O) groups is 1. The van der Waals surface area contributed by atoms with Crippen molar-refractivity contribution in [1.82, 2.24) is 5.32 Å². The molecule has 1 amide bonds. The molecule has 1 aromatic carbocycles. The van der Waals surface area contributed by atoms with Crippen molar-refractivity contribution in [1.29, 1.82) is 0 Å². The first kappa shape index (κ1) is 15.8. The van der Waals surface area contributed by atoms with Gasteiger partial charge in [-0.05, 0) is 30.2 Å². The summed E-state index contributed by atoms with van der Waals surface area (Å²) < 4.78 is 38.1. The number of nitrogens with zero attached hydrogens (tertiary/aromatic N) is 1. The number of halogens is 3. The maximum absolute atomic E-state index is 12.7. The standard InChI is InChI=1S/C15H19F3N2O/c1-3-6-19-12(9-15(16,17)18)10-4-5-13-11(7-10)8-14(21)20(13)2/h4-5,7,12,19H,3,6,8-9H2,1-2H3. The second kappa shape index (κ2) is 6.05. The number of benzene rings is 1. The molecule has 1 aliphatic rings. The van der Waals surface area contributed by atoms with Crippen LogP contribution in [0.1, 0.15) is 36.9 Å². The minimum atomic E-state index is -4.23. The number of hydrogen-bond donors (Lipinski definition) is 1. The van der Waals surface area contributed by atoms with Crippen LogP contribution in [-0.4, -0.2) is 25.7 Å². The predicted octanol–water partition coefficient (Wildman–Crippen LogP) is 3.20. The van der Waals surface area contributed by atoms with Crippen LogP contribution in [0.3, 0.4) is 0 Å². The van der Waals surface area contributed by atoms with Crippen LogP contribution in [-0.2, 0) is 11.2 Å². The fraction of sp³-hybridized carbons (Fsp3) is 0.533. The lowest BCUT2D eigenvalue weighted by Gasteiger charge is -2.21. The van der Waals surface area contributed by atoms with Crippen molar-refractivity contribution in [2.45, 2.75) is 38.4 Å². The van der Waals surface area contributed by atoms with E-state index in [1.54, 1.807) is 25.2 Å². The van der Waals surface area contributed by atoms with Crippen LogP contribution in [0.25, 0.3) is 0 Å². The van der Waals surface area contributed by atoms with Gasteiger partial charge in [0.15, 0.2) is 0 Å². The van der Waals surface area contributed by atoms with Crippen LogP contribution in [0.2, 0.25) is 0 Å². The molecular formula is C15H19F3N2O. The number of carbonyl (C=O) groups excluding carboxylic acids is 1. The summed E-state index contributed by atoms with van der Waals surface area (Å²) in [5.41, 5.74) is 2.16. The van der Waals surface area contributed by atoms with E-state index in [9.17, 15) is 18.0 Å². The van der Waals surface area contributed by atoms with Crippen LogP contribution < -0.4 is 10.2 Å². The molecule has 21 heavy (non-hydrogen) atoms. The Morgan fingerprint density at radius 2 is 2.10 bits per heavy atom. The fourth-order valence-electron chi connectivity index (χ4n) is 2.56. The van der Waals surface area contributed by atoms with Crippen LogP contribution >= 0.6 is 0 Å². The molecule has 3 nitrogen and oxygen atoms in total. The second-order valence-corrected chi connectivity index (χ2v) is 5.34. The first-order valence-corrected chi connectivity index (χ1v) is 7.01. The first-order chi connectivity index (χ1) is 9.81. The summed E-state index contributed by atoms with van der Waals surface area (Å²) in [4.78, 5) is 13.2. The smallest absolute Gasteiger partial charge is 0.315 e. The number of fused-ring (bicyclic) bond motifs is 1. The molecule has 0 spiro atoms. The van der Waals surface area contributed by atoms with E-state index in [4.69, 9.17) is 0 Å². The summed E-state index contributed by atoms with van der Waals surface area (Å²) in [6.45, 7) is 2.44. The minimum Gasteiger partial charge on any atom is -0.315 e. The van der Waals surface area contributed by atoms with Gasteiger partial charge in [-0.1, -0.05) is 19.1 Å². The quantitative estimate of drug-likeness (QED) is 0.905. The Morgan fingerprint density at radius 3 is 2.71 bits per heavy atom. The maximum atomic E-state index is 12.7. The number of alkyl halides is 3. The third-order valence-electron chi connectivity index (χ3n) is 3.66. The zero-order chi connectivity index (χ0) is 15.6. The highest BCUT2D eigenvalue weighted by atomic mass is 19.4. The van der Waals surface area contributed by atoms with Gasteiger partial charge in [0.2, 0.25) is 5.91 Å². The number of rotatable bonds is 5. The molecular weight excluding hydrogens is 281 g/mol. The normalized spacial score (nSPS) is 16.2. The van der Waals surface area contributed by atoms with Gasteiger partial charge in [-0.2, -0.15) is 13.2 Å². The monoisotopic (exact) mass is 300 g/mol. The highest BCUT2D eigenvalue weighted by Gasteiger charge is 2.33. The van der Waals surface area contributed by atoms with Gasteiger partial charge in [-0.15, -0.1) is 0 Å². The highest BCUT2D eigenvalue weighted by Crippen LogP contribution is 2.34. The molecule has 0 bridgehead atoms. The molecule has 1 heterocycles. The Morgan fingerprint density at radius 1 is 1.38 bits per heavy atom. The van der Waals surface area contributed by atoms with Crippen molar-refractivity contribution in [2.75, 3.05) is 18.5 Å². The third-order valence-corrected chi connectivity index (χ3v) is 3.66. The van der Waals surface area contributed by atoms with E-state index < -0.39 is 18.6 Å². The Labute approximate surface area is 122 Å². The van der Waals surface area contributed by atoms with Crippen molar-refractivity contribution in [3.63, 3.8) is 0 Å². The van der Waals surface area contributed by atoms with Crippen molar-refractivity contribution in [2.24, 2.45) is 0 Å². The average Bonchev–Trinajstić information content (AvgIpc) is 2.68. The van der Waals surface area contributed by atoms with Crippen LogP contribution in [0.15, 0.2) is 18.2 Å². The van der Waals surface area contributed by atoms with Gasteiger partial charge in [-0.3, -0.25) is 4.79 Å². The molecule has 1 atom stereocenters. The zero-order valence-electron chi connectivity index (χ0n) is 12.1. The molecule has 0 aliphatic carbocycles. The zero-order valence-corrected chi connectivity index (χ0v) is 12.1. The van der Waals surface area contributed by atoms with E-state index in [1.807, 2.05) is 6.92 Å². The van der Waals surface area contributed by atoms with Crippen molar-refractivity contribution >= 4 is 11.6 Å². The summed E-state index contributed by atoms with van der Waals surface area (Å²) in [5.74, 6) is -0.0314. The molecule has 6 heteroatoms. The summed E-state index contributed by atoms with van der Waals surface area (Å²) in [7, 11) is 1.68. The van der Waals surface area contributed by atoms with Crippen molar-refractivity contribution in [3.8, 4) is 0 Å². The average molecular weight is 300 g/mol. The molecule has 116 valence electrons. The molecule has 1 aromatic rings. The third kappa shape index (κ3) is 3.75. The van der Waals surface area contributed by atoms with Gasteiger partial charge >= 0.3 is 6.18 Å². The van der Waals surface area contributed by atoms with Crippen LogP contribution in [0.5, 0.6) is 0 Å². The summed E-state index contributed by atoms with van der Waals surface area (Å²) in [5, 5.41) is 2.94. The summed E-state index contributed by atoms with van der Waals surface area (Å²) in [6.07, 6.45) is -4.11. The lowest BCUT2D eigenvalue weighted by Crippen LogP contribution is -2.27. The Hall–Kier alpha value is -1.56. The minimum absolute atomic E-state index is 0.0314. The van der Waals surface area contributed by atoms with E-state index in [0.29, 0.717) is 12.1 Å². The van der Waals surface area contributed by atoms with Gasteiger partial charge in [0, 0.05) is 18.8 Å². The lowest BCUT2D eigenvalue weighted by molar-refractivity contribution is -0.140. The van der Waals surface area contributed by atoms with Gasteiger partial charge in [0.1, 0.15) is 0 Å². The Kier molecular flexibility index (Phi) is 4.56. The van der Waals surface area contributed by atoms with Crippen LogP contribution in [0.4, 0.5) is 18.9 Å².